The van der Waals surface area contributed by atoms with E-state index in [2.05, 4.69) is 15.6 Å². The van der Waals surface area contributed by atoms with Crippen LogP contribution in [0.1, 0.15) is 5.56 Å². The van der Waals surface area contributed by atoms with Gasteiger partial charge < -0.3 is 14.8 Å². The van der Waals surface area contributed by atoms with Crippen molar-refractivity contribution >= 4 is 23.3 Å². The number of anilines is 1. The number of halogens is 1. The maximum Gasteiger partial charge on any atom is 0.263 e. The summed E-state index contributed by atoms with van der Waals surface area (Å²) >= 11 is 5.99. The first kappa shape index (κ1) is 17.8. The number of carbonyl (C=O) groups excluding carboxylic acids is 1. The first-order chi connectivity index (χ1) is 12.6. The molecule has 2 aromatic carbocycles. The van der Waals surface area contributed by atoms with Gasteiger partial charge in [0.05, 0.1) is 12.1 Å². The van der Waals surface area contributed by atoms with Gasteiger partial charge in [0.25, 0.3) is 5.91 Å². The molecule has 0 saturated heterocycles. The molecule has 1 N–H and O–H groups in total. The number of rotatable bonds is 6. The monoisotopic (exact) mass is 373 g/mol. The lowest BCUT2D eigenvalue weighted by molar-refractivity contribution is -0.118. The van der Waals surface area contributed by atoms with Crippen molar-refractivity contribution in [2.75, 3.05) is 19.0 Å². The van der Waals surface area contributed by atoms with Gasteiger partial charge in [0.15, 0.2) is 12.3 Å². The summed E-state index contributed by atoms with van der Waals surface area (Å²) in [4.78, 5) is 12.2. The first-order valence-corrected chi connectivity index (χ1v) is 8.11. The Labute approximate surface area is 154 Å². The van der Waals surface area contributed by atoms with Gasteiger partial charge in [0.1, 0.15) is 11.5 Å². The van der Waals surface area contributed by atoms with Crippen LogP contribution in [0.5, 0.6) is 11.5 Å². The second-order valence-corrected chi connectivity index (χ2v) is 5.82. The molecule has 0 spiro atoms. The molecule has 1 amide bonds. The zero-order valence-electron chi connectivity index (χ0n) is 14.2. The number of methoxy groups -OCH3 is 1. The number of nitrogens with one attached hydrogen (secondary N) is 1. The van der Waals surface area contributed by atoms with Crippen molar-refractivity contribution < 1.29 is 18.9 Å². The van der Waals surface area contributed by atoms with Gasteiger partial charge in [0.2, 0.25) is 5.82 Å². The average molecular weight is 374 g/mol. The number of ether oxygens (including phenoxy) is 2. The molecule has 0 fully saturated rings. The Morgan fingerprint density at radius 2 is 2.04 bits per heavy atom. The van der Waals surface area contributed by atoms with Crippen molar-refractivity contribution in [3.63, 3.8) is 0 Å². The maximum atomic E-state index is 12.2. The Balaban J connectivity index is 1.71. The summed E-state index contributed by atoms with van der Waals surface area (Å²) in [6, 6.07) is 12.4. The first-order valence-electron chi connectivity index (χ1n) is 7.73. The lowest BCUT2D eigenvalue weighted by Crippen LogP contribution is -2.20. The second kappa shape index (κ2) is 7.88. The minimum absolute atomic E-state index is 0.214. The summed E-state index contributed by atoms with van der Waals surface area (Å²) in [5, 5.41) is 10.7. The summed E-state index contributed by atoms with van der Waals surface area (Å²) in [6.45, 7) is 1.68. The molecule has 0 aliphatic rings. The fraction of sp³-hybridized carbons (Fsp3) is 0.167. The second-order valence-electron chi connectivity index (χ2n) is 5.41. The molecule has 8 heteroatoms. The SMILES string of the molecule is COc1ccc(-c2nonc2NC(=O)COc2ccccc2Cl)c(C)c1. The molecule has 0 atom stereocenters. The van der Waals surface area contributed by atoms with E-state index < -0.39 is 5.91 Å². The van der Waals surface area contributed by atoms with E-state index in [1.807, 2.05) is 19.1 Å². The van der Waals surface area contributed by atoms with Gasteiger partial charge in [-0.2, -0.15) is 0 Å². The highest BCUT2D eigenvalue weighted by Crippen LogP contribution is 2.30. The molecule has 3 rings (SSSR count). The molecule has 0 saturated carbocycles. The Morgan fingerprint density at radius 1 is 1.23 bits per heavy atom. The summed E-state index contributed by atoms with van der Waals surface area (Å²) in [5.41, 5.74) is 2.11. The van der Waals surface area contributed by atoms with Crippen molar-refractivity contribution in [1.29, 1.82) is 0 Å². The van der Waals surface area contributed by atoms with E-state index in [0.717, 1.165) is 16.9 Å². The van der Waals surface area contributed by atoms with Crippen LogP contribution < -0.4 is 14.8 Å². The predicted octanol–water partition coefficient (Wildman–Crippen LogP) is 3.72. The average Bonchev–Trinajstić information content (AvgIpc) is 3.08. The summed E-state index contributed by atoms with van der Waals surface area (Å²) in [5.74, 6) is 0.953. The van der Waals surface area contributed by atoms with Crippen molar-refractivity contribution in [2.45, 2.75) is 6.92 Å². The summed E-state index contributed by atoms with van der Waals surface area (Å²) in [7, 11) is 1.59. The molecular weight excluding hydrogens is 358 g/mol. The van der Waals surface area contributed by atoms with Crippen LogP contribution in [0.2, 0.25) is 5.02 Å². The fourth-order valence-corrected chi connectivity index (χ4v) is 2.54. The van der Waals surface area contributed by atoms with Crippen LogP contribution in [-0.4, -0.2) is 29.9 Å². The van der Waals surface area contributed by atoms with Crippen LogP contribution >= 0.6 is 11.6 Å². The van der Waals surface area contributed by atoms with Gasteiger partial charge in [0, 0.05) is 5.56 Å². The Kier molecular flexibility index (Phi) is 5.38. The van der Waals surface area contributed by atoms with Gasteiger partial charge in [-0.05, 0) is 53.1 Å². The Bertz CT molecular complexity index is 926. The van der Waals surface area contributed by atoms with Crippen molar-refractivity contribution in [2.24, 2.45) is 0 Å². The largest absolute Gasteiger partial charge is 0.497 e. The minimum atomic E-state index is -0.409. The molecule has 1 heterocycles. The molecule has 26 heavy (non-hydrogen) atoms. The number of amides is 1. The molecular formula is C18H16ClN3O4. The molecule has 3 aromatic rings. The molecule has 0 aliphatic heterocycles. The third-order valence-corrected chi connectivity index (χ3v) is 3.94. The zero-order chi connectivity index (χ0) is 18.5. The summed E-state index contributed by atoms with van der Waals surface area (Å²) < 4.78 is 15.4. The minimum Gasteiger partial charge on any atom is -0.497 e. The summed E-state index contributed by atoms with van der Waals surface area (Å²) in [6.07, 6.45) is 0. The van der Waals surface area contributed by atoms with E-state index in [0.29, 0.717) is 16.5 Å². The van der Waals surface area contributed by atoms with Gasteiger partial charge in [-0.1, -0.05) is 23.7 Å². The number of hydrogen-bond acceptors (Lipinski definition) is 6. The predicted molar refractivity (Wildman–Crippen MR) is 96.6 cm³/mol. The number of carbonyl (C=O) groups is 1. The van der Waals surface area contributed by atoms with Gasteiger partial charge in [-0.25, -0.2) is 4.63 Å². The van der Waals surface area contributed by atoms with Crippen LogP contribution in [-0.2, 0) is 4.79 Å². The third-order valence-electron chi connectivity index (χ3n) is 3.63. The van der Waals surface area contributed by atoms with E-state index in [1.165, 1.54) is 0 Å². The Hall–Kier alpha value is -3.06. The lowest BCUT2D eigenvalue weighted by atomic mass is 10.1. The molecule has 134 valence electrons. The molecule has 0 radical (unpaired) electrons. The van der Waals surface area contributed by atoms with E-state index in [9.17, 15) is 4.79 Å². The topological polar surface area (TPSA) is 86.5 Å². The Morgan fingerprint density at radius 3 is 2.77 bits per heavy atom. The van der Waals surface area contributed by atoms with Crippen molar-refractivity contribution in [3.8, 4) is 22.8 Å². The van der Waals surface area contributed by atoms with Crippen LogP contribution in [0.15, 0.2) is 47.1 Å². The third kappa shape index (κ3) is 3.94. The maximum absolute atomic E-state index is 12.2. The van der Waals surface area contributed by atoms with Crippen molar-refractivity contribution in [1.82, 2.24) is 10.3 Å². The number of aromatic nitrogens is 2. The lowest BCUT2D eigenvalue weighted by Gasteiger charge is -2.09. The molecule has 0 unspecified atom stereocenters. The van der Waals surface area contributed by atoms with Crippen LogP contribution in [0.25, 0.3) is 11.3 Å². The van der Waals surface area contributed by atoms with Gasteiger partial charge in [-0.3, -0.25) is 4.79 Å². The number of hydrogen-bond donors (Lipinski definition) is 1. The van der Waals surface area contributed by atoms with Crippen molar-refractivity contribution in [3.05, 3.63) is 53.1 Å². The smallest absolute Gasteiger partial charge is 0.263 e. The normalized spacial score (nSPS) is 10.4. The van der Waals surface area contributed by atoms with E-state index >= 15 is 0 Å². The number of para-hydroxylation sites is 1. The number of benzene rings is 2. The molecule has 1 aromatic heterocycles. The quantitative estimate of drug-likeness (QED) is 0.708. The molecule has 0 aliphatic carbocycles. The van der Waals surface area contributed by atoms with Gasteiger partial charge >= 0.3 is 0 Å². The molecule has 0 bridgehead atoms. The number of nitrogens with zero attached hydrogens (tertiary/aromatic N) is 2. The number of aryl methyl sites for hydroxylation is 1. The highest BCUT2D eigenvalue weighted by atomic mass is 35.5. The molecule has 7 nitrogen and oxygen atoms in total. The highest BCUT2D eigenvalue weighted by molar-refractivity contribution is 6.32. The van der Waals surface area contributed by atoms with Crippen LogP contribution in [0, 0.1) is 6.92 Å². The van der Waals surface area contributed by atoms with Gasteiger partial charge in [-0.15, -0.1) is 0 Å². The van der Waals surface area contributed by atoms with Crippen LogP contribution in [0.3, 0.4) is 0 Å². The fourth-order valence-electron chi connectivity index (χ4n) is 2.35. The zero-order valence-corrected chi connectivity index (χ0v) is 14.9. The van der Waals surface area contributed by atoms with E-state index in [4.69, 9.17) is 25.7 Å². The highest BCUT2D eigenvalue weighted by Gasteiger charge is 2.17. The van der Waals surface area contributed by atoms with Crippen LogP contribution in [0.4, 0.5) is 5.82 Å². The standard InChI is InChI=1S/C18H16ClN3O4/c1-11-9-12(24-2)7-8-13(11)17-18(22-26-21-17)20-16(23)10-25-15-6-4-3-5-14(15)19/h3-9H,10H2,1-2H3,(H,20,22,23). The van der Waals surface area contributed by atoms with E-state index in [1.54, 1.807) is 37.4 Å². The van der Waals surface area contributed by atoms with E-state index in [-0.39, 0.29) is 12.4 Å².